The van der Waals surface area contributed by atoms with Gasteiger partial charge >= 0.3 is 0 Å². The molecule has 1 aliphatic rings. The molecule has 7 rings (SSSR count). The molecule has 5 nitrogen and oxygen atoms in total. The van der Waals surface area contributed by atoms with E-state index in [1.807, 2.05) is 18.2 Å². The van der Waals surface area contributed by atoms with E-state index in [-0.39, 0.29) is 12.4 Å². The molecule has 44 heavy (non-hydrogen) atoms. The zero-order valence-corrected chi connectivity index (χ0v) is 25.7. The predicted octanol–water partition coefficient (Wildman–Crippen LogP) is 5.52. The van der Waals surface area contributed by atoms with Crippen molar-refractivity contribution in [2.45, 2.75) is 13.0 Å². The summed E-state index contributed by atoms with van der Waals surface area (Å²) in [7, 11) is 5.11. The van der Waals surface area contributed by atoms with Gasteiger partial charge in [0.25, 0.3) is 0 Å². The van der Waals surface area contributed by atoms with Crippen LogP contribution in [0.4, 0.5) is 17.1 Å². The van der Waals surface area contributed by atoms with Gasteiger partial charge in [0, 0.05) is 35.1 Å². The SMILES string of the molecule is COc1cc2c(cc1-c1ccc(N(c3ccccc3)c3ccccc3)cc1)CC[n+]1cc3c(OC)c(OC)ccc3cc1-2.[Cl-]. The second kappa shape index (κ2) is 12.3. The smallest absolute Gasteiger partial charge is 0.213 e. The molecule has 1 aromatic heterocycles. The number of para-hydroxylation sites is 2. The van der Waals surface area contributed by atoms with Gasteiger partial charge in [-0.05, 0) is 77.2 Å². The Labute approximate surface area is 264 Å². The van der Waals surface area contributed by atoms with Gasteiger partial charge in [-0.2, -0.15) is 4.57 Å². The van der Waals surface area contributed by atoms with E-state index in [0.717, 1.165) is 69.2 Å². The Bertz CT molecular complexity index is 1890. The Kier molecular flexibility index (Phi) is 8.14. The van der Waals surface area contributed by atoms with E-state index in [1.54, 1.807) is 21.3 Å². The van der Waals surface area contributed by atoms with Gasteiger partial charge in [0.05, 0.1) is 32.3 Å². The zero-order chi connectivity index (χ0) is 29.3. The normalized spacial score (nSPS) is 11.6. The Morgan fingerprint density at radius 3 is 1.86 bits per heavy atom. The molecular formula is C38H33ClN2O3. The number of benzene rings is 5. The summed E-state index contributed by atoms with van der Waals surface area (Å²) in [4.78, 5) is 2.27. The molecule has 1 aliphatic heterocycles. The molecule has 0 radical (unpaired) electrons. The second-order valence-corrected chi connectivity index (χ2v) is 10.7. The van der Waals surface area contributed by atoms with Crippen LogP contribution in [0.15, 0.2) is 121 Å². The molecule has 0 amide bonds. The molecule has 0 saturated carbocycles. The van der Waals surface area contributed by atoms with Crippen LogP contribution in [-0.4, -0.2) is 21.3 Å². The van der Waals surface area contributed by atoms with Crippen molar-refractivity contribution in [1.82, 2.24) is 0 Å². The summed E-state index contributed by atoms with van der Waals surface area (Å²) in [5, 5.41) is 2.15. The molecule has 0 saturated heterocycles. The van der Waals surface area contributed by atoms with Crippen LogP contribution >= 0.6 is 0 Å². The fraction of sp³-hybridized carbons (Fsp3) is 0.132. The minimum Gasteiger partial charge on any atom is -1.00 e. The molecular weight excluding hydrogens is 568 g/mol. The molecule has 0 atom stereocenters. The Balaban J connectivity index is 0.00000343. The largest absolute Gasteiger partial charge is 1.00 e. The Morgan fingerprint density at radius 1 is 0.614 bits per heavy atom. The number of halogens is 1. The molecule has 6 aromatic rings. The van der Waals surface area contributed by atoms with E-state index in [1.165, 1.54) is 16.8 Å². The number of methoxy groups -OCH3 is 3. The van der Waals surface area contributed by atoms with Crippen molar-refractivity contribution in [1.29, 1.82) is 0 Å². The number of pyridine rings is 1. The maximum atomic E-state index is 6.00. The van der Waals surface area contributed by atoms with E-state index in [9.17, 15) is 0 Å². The zero-order valence-electron chi connectivity index (χ0n) is 25.0. The van der Waals surface area contributed by atoms with Crippen LogP contribution in [0.1, 0.15) is 5.56 Å². The fourth-order valence-electron chi connectivity index (χ4n) is 6.19. The lowest BCUT2D eigenvalue weighted by Crippen LogP contribution is -3.00. The average molecular weight is 601 g/mol. The number of hydrogen-bond acceptors (Lipinski definition) is 4. The molecule has 0 N–H and O–H groups in total. The molecule has 0 aliphatic carbocycles. The number of rotatable bonds is 7. The summed E-state index contributed by atoms with van der Waals surface area (Å²) in [6, 6.07) is 40.5. The van der Waals surface area contributed by atoms with Crippen LogP contribution in [0.5, 0.6) is 17.2 Å². The molecule has 220 valence electrons. The van der Waals surface area contributed by atoms with E-state index in [0.29, 0.717) is 0 Å². The highest BCUT2D eigenvalue weighted by Crippen LogP contribution is 2.42. The minimum atomic E-state index is 0. The molecule has 0 bridgehead atoms. The van der Waals surface area contributed by atoms with Crippen LogP contribution in [0.3, 0.4) is 0 Å². The first kappa shape index (κ1) is 29.1. The van der Waals surface area contributed by atoms with Gasteiger partial charge in [0.15, 0.2) is 24.2 Å². The van der Waals surface area contributed by atoms with Gasteiger partial charge in [-0.3, -0.25) is 0 Å². The summed E-state index contributed by atoms with van der Waals surface area (Å²) >= 11 is 0. The van der Waals surface area contributed by atoms with E-state index >= 15 is 0 Å². The van der Waals surface area contributed by atoms with Gasteiger partial charge in [-0.25, -0.2) is 0 Å². The third-order valence-corrected chi connectivity index (χ3v) is 8.29. The molecule has 0 fully saturated rings. The summed E-state index contributed by atoms with van der Waals surface area (Å²) in [6.07, 6.45) is 3.11. The molecule has 6 heteroatoms. The monoisotopic (exact) mass is 600 g/mol. The van der Waals surface area contributed by atoms with Crippen LogP contribution in [0.25, 0.3) is 33.2 Å². The van der Waals surface area contributed by atoms with E-state index in [2.05, 4.69) is 113 Å². The van der Waals surface area contributed by atoms with Crippen molar-refractivity contribution in [3.05, 3.63) is 127 Å². The summed E-state index contributed by atoms with van der Waals surface area (Å²) in [5.41, 5.74) is 9.23. The van der Waals surface area contributed by atoms with Gasteiger partial charge in [-0.15, -0.1) is 0 Å². The average Bonchev–Trinajstić information content (AvgIpc) is 3.07. The number of ether oxygens (including phenoxy) is 3. The predicted molar refractivity (Wildman–Crippen MR) is 173 cm³/mol. The van der Waals surface area contributed by atoms with Crippen LogP contribution < -0.4 is 36.1 Å². The van der Waals surface area contributed by atoms with Crippen molar-refractivity contribution >= 4 is 27.8 Å². The number of fused-ring (bicyclic) bond motifs is 4. The lowest BCUT2D eigenvalue weighted by molar-refractivity contribution is -0.686. The van der Waals surface area contributed by atoms with Crippen molar-refractivity contribution in [2.75, 3.05) is 26.2 Å². The number of nitrogens with zero attached hydrogens (tertiary/aromatic N) is 2. The van der Waals surface area contributed by atoms with Gasteiger partial charge in [0.2, 0.25) is 5.69 Å². The number of hydrogen-bond donors (Lipinski definition) is 0. The summed E-state index contributed by atoms with van der Waals surface area (Å²) in [6.45, 7) is 0.881. The summed E-state index contributed by atoms with van der Waals surface area (Å²) in [5.74, 6) is 2.35. The topological polar surface area (TPSA) is 34.8 Å². The second-order valence-electron chi connectivity index (χ2n) is 10.7. The highest BCUT2D eigenvalue weighted by molar-refractivity contribution is 5.92. The maximum absolute atomic E-state index is 6.00. The third kappa shape index (κ3) is 5.10. The first-order valence-electron chi connectivity index (χ1n) is 14.5. The number of aryl methyl sites for hydroxylation is 2. The number of aromatic nitrogens is 1. The van der Waals surface area contributed by atoms with E-state index < -0.39 is 0 Å². The molecule has 0 unspecified atom stereocenters. The standard InChI is InChI=1S/C38H33N2O3.ClH/c1-41-36-19-16-27-23-35-32-24-37(42-2)33(22-28(32)20-21-39(35)25-34(27)38(36)43-3)26-14-17-31(18-15-26)40(29-10-6-4-7-11-29)30-12-8-5-9-13-30;/h4-19,22-25H,20-21H2,1-3H3;1H/q+1;/p-1. The summed E-state index contributed by atoms with van der Waals surface area (Å²) < 4.78 is 19.6. The Hall–Kier alpha value is -5.00. The lowest BCUT2D eigenvalue weighted by atomic mass is 9.91. The van der Waals surface area contributed by atoms with Crippen LogP contribution in [0, 0.1) is 0 Å². The van der Waals surface area contributed by atoms with Crippen molar-refractivity contribution in [3.8, 4) is 39.6 Å². The van der Waals surface area contributed by atoms with Crippen LogP contribution in [-0.2, 0) is 13.0 Å². The van der Waals surface area contributed by atoms with Crippen LogP contribution in [0.2, 0.25) is 0 Å². The molecule has 2 heterocycles. The van der Waals surface area contributed by atoms with E-state index in [4.69, 9.17) is 14.2 Å². The Morgan fingerprint density at radius 2 is 1.25 bits per heavy atom. The van der Waals surface area contributed by atoms with Crippen molar-refractivity contribution in [3.63, 3.8) is 0 Å². The van der Waals surface area contributed by atoms with Crippen molar-refractivity contribution < 1.29 is 31.2 Å². The van der Waals surface area contributed by atoms with Gasteiger partial charge in [0.1, 0.15) is 5.75 Å². The highest BCUT2D eigenvalue weighted by atomic mass is 35.5. The molecule has 5 aromatic carbocycles. The van der Waals surface area contributed by atoms with Gasteiger partial charge < -0.3 is 31.5 Å². The quantitative estimate of drug-likeness (QED) is 0.226. The van der Waals surface area contributed by atoms with Gasteiger partial charge in [-0.1, -0.05) is 48.5 Å². The first-order valence-corrected chi connectivity index (χ1v) is 14.5. The minimum absolute atomic E-state index is 0. The highest BCUT2D eigenvalue weighted by Gasteiger charge is 2.27. The fourth-order valence-corrected chi connectivity index (χ4v) is 6.19. The maximum Gasteiger partial charge on any atom is 0.213 e. The van der Waals surface area contributed by atoms with Crippen molar-refractivity contribution in [2.24, 2.45) is 0 Å². The third-order valence-electron chi connectivity index (χ3n) is 8.29. The molecule has 0 spiro atoms. The first-order chi connectivity index (χ1) is 21.2. The number of anilines is 3. The lowest BCUT2D eigenvalue weighted by Gasteiger charge is -2.25.